The van der Waals surface area contributed by atoms with Gasteiger partial charge in [0.2, 0.25) is 11.8 Å². The number of likely N-dealkylation sites (tertiary alicyclic amines) is 1. The van der Waals surface area contributed by atoms with Crippen LogP contribution in [0, 0.1) is 11.8 Å². The zero-order chi connectivity index (χ0) is 15.6. The molecule has 114 valence electrons. The Morgan fingerprint density at radius 2 is 1.76 bits per heavy atom. The van der Waals surface area contributed by atoms with E-state index >= 15 is 0 Å². The van der Waals surface area contributed by atoms with Gasteiger partial charge < -0.3 is 10.1 Å². The molecule has 2 rings (SSSR count). The molecule has 5 heteroatoms. The fourth-order valence-electron chi connectivity index (χ4n) is 2.69. The van der Waals surface area contributed by atoms with Crippen molar-refractivity contribution in [2.24, 2.45) is 11.8 Å². The van der Waals surface area contributed by atoms with Crippen molar-refractivity contribution in [2.75, 3.05) is 20.7 Å². The van der Waals surface area contributed by atoms with Crippen LogP contribution in [0.25, 0.3) is 0 Å². The van der Waals surface area contributed by atoms with Crippen LogP contribution < -0.4 is 10.1 Å². The van der Waals surface area contributed by atoms with Crippen molar-refractivity contribution in [3.63, 3.8) is 0 Å². The van der Waals surface area contributed by atoms with Crippen LogP contribution in [0.5, 0.6) is 5.75 Å². The Morgan fingerprint density at radius 3 is 2.29 bits per heavy atom. The van der Waals surface area contributed by atoms with Crippen molar-refractivity contribution < 1.29 is 14.3 Å². The molecule has 3 atom stereocenters. The molecule has 0 radical (unpaired) electrons. The molecule has 5 nitrogen and oxygen atoms in total. The number of nitrogens with zero attached hydrogens (tertiary/aromatic N) is 1. The van der Waals surface area contributed by atoms with Crippen LogP contribution in [0.4, 0.5) is 0 Å². The van der Waals surface area contributed by atoms with E-state index in [9.17, 15) is 9.59 Å². The van der Waals surface area contributed by atoms with Crippen molar-refractivity contribution in [3.8, 4) is 5.75 Å². The number of hydrogen-bond donors (Lipinski definition) is 1. The highest BCUT2D eigenvalue weighted by Gasteiger charge is 2.43. The maximum atomic E-state index is 12.2. The average Bonchev–Trinajstić information content (AvgIpc) is 2.69. The number of methoxy groups -OCH3 is 1. The van der Waals surface area contributed by atoms with Crippen molar-refractivity contribution in [1.82, 2.24) is 10.2 Å². The molecule has 1 aromatic rings. The molecule has 1 aliphatic heterocycles. The Kier molecular flexibility index (Phi) is 4.63. The van der Waals surface area contributed by atoms with Crippen molar-refractivity contribution >= 4 is 11.8 Å². The number of imide groups is 1. The van der Waals surface area contributed by atoms with Crippen LogP contribution in [0.2, 0.25) is 0 Å². The molecular weight excluding hydrogens is 268 g/mol. The van der Waals surface area contributed by atoms with Gasteiger partial charge in [-0.1, -0.05) is 32.0 Å². The van der Waals surface area contributed by atoms with E-state index in [4.69, 9.17) is 4.74 Å². The number of likely N-dealkylation sites (N-methyl/N-ethyl adjacent to an activating group) is 1. The predicted octanol–water partition coefficient (Wildman–Crippen LogP) is 1.60. The summed E-state index contributed by atoms with van der Waals surface area (Å²) in [4.78, 5) is 25.8. The molecule has 0 aliphatic carbocycles. The molecular formula is C16H22N2O3. The minimum atomic E-state index is -0.243. The number of ether oxygens (including phenoxy) is 1. The van der Waals surface area contributed by atoms with Gasteiger partial charge in [-0.2, -0.15) is 0 Å². The van der Waals surface area contributed by atoms with Gasteiger partial charge >= 0.3 is 0 Å². The third-order valence-electron chi connectivity index (χ3n) is 4.29. The SMILES string of the molecule is CNC(CN1C(=O)C(C)C(C)C1=O)c1ccccc1OC. The van der Waals surface area contributed by atoms with Gasteiger partial charge in [-0.05, 0) is 13.1 Å². The fraction of sp³-hybridized carbons (Fsp3) is 0.500. The summed E-state index contributed by atoms with van der Waals surface area (Å²) in [5.74, 6) is 0.0719. The van der Waals surface area contributed by atoms with E-state index in [-0.39, 0.29) is 29.7 Å². The van der Waals surface area contributed by atoms with Crippen LogP contribution in [0.1, 0.15) is 25.5 Å². The quantitative estimate of drug-likeness (QED) is 0.837. The van der Waals surface area contributed by atoms with Gasteiger partial charge in [0, 0.05) is 23.9 Å². The summed E-state index contributed by atoms with van der Waals surface area (Å²) in [5.41, 5.74) is 0.940. The first-order valence-electron chi connectivity index (χ1n) is 7.16. The smallest absolute Gasteiger partial charge is 0.232 e. The lowest BCUT2D eigenvalue weighted by molar-refractivity contribution is -0.140. The van der Waals surface area contributed by atoms with Crippen molar-refractivity contribution in [1.29, 1.82) is 0 Å². The van der Waals surface area contributed by atoms with E-state index in [1.54, 1.807) is 7.11 Å². The first kappa shape index (κ1) is 15.5. The van der Waals surface area contributed by atoms with Gasteiger partial charge in [0.25, 0.3) is 0 Å². The standard InChI is InChI=1S/C16H22N2O3/c1-10-11(2)16(20)18(15(10)19)9-13(17-3)12-7-5-6-8-14(12)21-4/h5-8,10-11,13,17H,9H2,1-4H3. The molecule has 0 saturated carbocycles. The van der Waals surface area contributed by atoms with Crippen LogP contribution in [-0.2, 0) is 9.59 Å². The summed E-state index contributed by atoms with van der Waals surface area (Å²) < 4.78 is 5.36. The highest BCUT2D eigenvalue weighted by molar-refractivity contribution is 6.04. The topological polar surface area (TPSA) is 58.6 Å². The van der Waals surface area contributed by atoms with Gasteiger partial charge in [-0.3, -0.25) is 14.5 Å². The number of rotatable bonds is 5. The van der Waals surface area contributed by atoms with Crippen LogP contribution in [-0.4, -0.2) is 37.4 Å². The van der Waals surface area contributed by atoms with E-state index < -0.39 is 0 Å². The highest BCUT2D eigenvalue weighted by atomic mass is 16.5. The van der Waals surface area contributed by atoms with Gasteiger partial charge in [-0.15, -0.1) is 0 Å². The number of para-hydroxylation sites is 1. The molecule has 1 N–H and O–H groups in total. The molecule has 1 heterocycles. The van der Waals surface area contributed by atoms with Crippen LogP contribution in [0.15, 0.2) is 24.3 Å². The molecule has 1 fully saturated rings. The lowest BCUT2D eigenvalue weighted by Gasteiger charge is -2.24. The number of hydrogen-bond acceptors (Lipinski definition) is 4. The Bertz CT molecular complexity index is 524. The number of benzene rings is 1. The fourth-order valence-corrected chi connectivity index (χ4v) is 2.69. The third-order valence-corrected chi connectivity index (χ3v) is 4.29. The first-order chi connectivity index (χ1) is 10.0. The van der Waals surface area contributed by atoms with Gasteiger partial charge in [-0.25, -0.2) is 0 Å². The normalized spacial score (nSPS) is 23.5. The Hall–Kier alpha value is -1.88. The minimum Gasteiger partial charge on any atom is -0.496 e. The minimum absolute atomic E-state index is 0.0948. The maximum absolute atomic E-state index is 12.2. The third kappa shape index (κ3) is 2.78. The first-order valence-corrected chi connectivity index (χ1v) is 7.16. The number of carbonyl (C=O) groups excluding carboxylic acids is 2. The zero-order valence-electron chi connectivity index (χ0n) is 12.9. The Labute approximate surface area is 125 Å². The second kappa shape index (κ2) is 6.26. The molecule has 1 aliphatic rings. The lowest BCUT2D eigenvalue weighted by Crippen LogP contribution is -2.38. The monoisotopic (exact) mass is 290 g/mol. The summed E-state index contributed by atoms with van der Waals surface area (Å²) in [7, 11) is 3.43. The second-order valence-electron chi connectivity index (χ2n) is 5.45. The molecule has 3 unspecified atom stereocenters. The van der Waals surface area contributed by atoms with E-state index in [1.165, 1.54) is 4.90 Å². The van der Waals surface area contributed by atoms with E-state index in [2.05, 4.69) is 5.32 Å². The molecule has 21 heavy (non-hydrogen) atoms. The average molecular weight is 290 g/mol. The van der Waals surface area contributed by atoms with E-state index in [0.29, 0.717) is 6.54 Å². The van der Waals surface area contributed by atoms with Crippen LogP contribution in [0.3, 0.4) is 0 Å². The van der Waals surface area contributed by atoms with Crippen molar-refractivity contribution in [3.05, 3.63) is 29.8 Å². The predicted molar refractivity (Wildman–Crippen MR) is 79.8 cm³/mol. The summed E-state index contributed by atoms with van der Waals surface area (Å²) >= 11 is 0. The molecule has 0 spiro atoms. The number of carbonyl (C=O) groups is 2. The van der Waals surface area contributed by atoms with Gasteiger partial charge in [0.1, 0.15) is 5.75 Å². The molecule has 0 bridgehead atoms. The summed E-state index contributed by atoms with van der Waals surface area (Å²) in [6.07, 6.45) is 0. The number of nitrogens with one attached hydrogen (secondary N) is 1. The largest absolute Gasteiger partial charge is 0.496 e. The molecule has 0 aromatic heterocycles. The van der Waals surface area contributed by atoms with E-state index in [1.807, 2.05) is 45.2 Å². The van der Waals surface area contributed by atoms with Gasteiger partial charge in [0.15, 0.2) is 0 Å². The van der Waals surface area contributed by atoms with Crippen LogP contribution >= 0.6 is 0 Å². The lowest BCUT2D eigenvalue weighted by atomic mass is 10.00. The number of amides is 2. The Balaban J connectivity index is 2.24. The highest BCUT2D eigenvalue weighted by Crippen LogP contribution is 2.30. The maximum Gasteiger partial charge on any atom is 0.232 e. The molecule has 1 aromatic carbocycles. The summed E-state index contributed by atoms with van der Waals surface area (Å²) in [6, 6.07) is 7.48. The zero-order valence-corrected chi connectivity index (χ0v) is 12.9. The summed E-state index contributed by atoms with van der Waals surface area (Å²) in [6.45, 7) is 3.94. The van der Waals surface area contributed by atoms with Gasteiger partial charge in [0.05, 0.1) is 13.2 Å². The summed E-state index contributed by atoms with van der Waals surface area (Å²) in [5, 5.41) is 3.16. The molecule has 2 amide bonds. The van der Waals surface area contributed by atoms with E-state index in [0.717, 1.165) is 11.3 Å². The second-order valence-corrected chi connectivity index (χ2v) is 5.45. The molecule has 1 saturated heterocycles. The Morgan fingerprint density at radius 1 is 1.19 bits per heavy atom. The van der Waals surface area contributed by atoms with Crippen molar-refractivity contribution in [2.45, 2.75) is 19.9 Å².